The molecule has 4 aromatic carbocycles. The Kier molecular flexibility index (Phi) is 8.33. The van der Waals surface area contributed by atoms with E-state index in [9.17, 15) is 39.5 Å². The lowest BCUT2D eigenvalue weighted by Crippen LogP contribution is -2.73. The quantitative estimate of drug-likeness (QED) is 0.0712. The molecule has 0 amide bonds. The van der Waals surface area contributed by atoms with E-state index in [2.05, 4.69) is 0 Å². The SMILES string of the molecule is CC1=C([B-](c2c(F)c(F)c(F)c(F)c2F)(c2c(F)c(F)c(F)c(F)c2F)c2c(F)c(F)c(F)c(F)c2F)C/1=C(\C)C(=N)c1ccccc1. The van der Waals surface area contributed by atoms with Crippen LogP contribution in [0.1, 0.15) is 19.4 Å². The highest BCUT2D eigenvalue weighted by Gasteiger charge is 2.54. The predicted octanol–water partition coefficient (Wildman–Crippen LogP) is 7.50. The Morgan fingerprint density at radius 1 is 0.458 bits per heavy atom. The van der Waals surface area contributed by atoms with Gasteiger partial charge in [0.1, 0.15) is 41.0 Å². The van der Waals surface area contributed by atoms with Crippen LogP contribution in [0.2, 0.25) is 0 Å². The molecule has 17 heteroatoms. The summed E-state index contributed by atoms with van der Waals surface area (Å²) in [6, 6.07) is 6.85. The van der Waals surface area contributed by atoms with E-state index < -0.39 is 138 Å². The summed E-state index contributed by atoms with van der Waals surface area (Å²) in [5.41, 5.74) is -11.9. The van der Waals surface area contributed by atoms with Crippen LogP contribution in [0.25, 0.3) is 0 Å². The summed E-state index contributed by atoms with van der Waals surface area (Å²) in [4.78, 5) is 0. The summed E-state index contributed by atoms with van der Waals surface area (Å²) in [5, 5.41) is 8.52. The molecule has 0 heterocycles. The summed E-state index contributed by atoms with van der Waals surface area (Å²) in [7, 11) is 0. The molecule has 5 rings (SSSR count). The van der Waals surface area contributed by atoms with E-state index in [4.69, 9.17) is 5.41 Å². The lowest BCUT2D eigenvalue weighted by atomic mass is 9.13. The molecule has 0 saturated heterocycles. The second-order valence-corrected chi connectivity index (χ2v) is 10.6. The molecule has 0 saturated carbocycles. The number of allylic oxidation sites excluding steroid dienone is 4. The minimum atomic E-state index is -5.86. The number of hydrogen-bond donors (Lipinski definition) is 1. The van der Waals surface area contributed by atoms with Gasteiger partial charge in [0.2, 0.25) is 0 Å². The lowest BCUT2D eigenvalue weighted by molar-refractivity contribution is 0.379. The van der Waals surface area contributed by atoms with Gasteiger partial charge in [-0.2, -0.15) is 5.47 Å². The maximum Gasteiger partial charge on any atom is 0.200 e. The van der Waals surface area contributed by atoms with E-state index in [0.29, 0.717) is 0 Å². The fourth-order valence-electron chi connectivity index (χ4n) is 6.14. The maximum atomic E-state index is 15.8. The second-order valence-electron chi connectivity index (χ2n) is 10.6. The Hall–Kier alpha value is -4.96. The minimum Gasteiger partial charge on any atom is -0.300 e. The van der Waals surface area contributed by atoms with Crippen LogP contribution in [-0.4, -0.2) is 11.9 Å². The Bertz CT molecular complexity index is 1920. The molecule has 4 aromatic rings. The fraction of sp³-hybridized carbons (Fsp3) is 0.0645. The van der Waals surface area contributed by atoms with Gasteiger partial charge in [0.25, 0.3) is 0 Å². The Labute approximate surface area is 259 Å². The normalized spacial score (nSPS) is 14.2. The highest BCUT2D eigenvalue weighted by Crippen LogP contribution is 2.48. The van der Waals surface area contributed by atoms with Crippen LogP contribution >= 0.6 is 0 Å². The molecule has 0 fully saturated rings. The van der Waals surface area contributed by atoms with Gasteiger partial charge in [-0.3, -0.25) is 5.41 Å². The monoisotopic (exact) mass is 694 g/mol. The highest BCUT2D eigenvalue weighted by molar-refractivity contribution is 7.18. The molecule has 1 nitrogen and oxygen atoms in total. The van der Waals surface area contributed by atoms with Crippen molar-refractivity contribution in [1.29, 1.82) is 5.41 Å². The Morgan fingerprint density at radius 2 is 0.729 bits per heavy atom. The molecule has 0 aliphatic heterocycles. The van der Waals surface area contributed by atoms with Gasteiger partial charge in [0.05, 0.1) is 5.71 Å². The first kappa shape index (κ1) is 34.4. The summed E-state index contributed by atoms with van der Waals surface area (Å²) < 4.78 is 226. The van der Waals surface area contributed by atoms with Crippen molar-refractivity contribution in [2.75, 3.05) is 0 Å². The van der Waals surface area contributed by atoms with Gasteiger partial charge in [0, 0.05) is 0 Å². The van der Waals surface area contributed by atoms with Crippen molar-refractivity contribution in [2.45, 2.75) is 13.8 Å². The van der Waals surface area contributed by atoms with Crippen molar-refractivity contribution in [2.24, 2.45) is 0 Å². The van der Waals surface area contributed by atoms with Crippen LogP contribution in [0.4, 0.5) is 65.9 Å². The van der Waals surface area contributed by atoms with E-state index in [1.807, 2.05) is 0 Å². The van der Waals surface area contributed by atoms with Gasteiger partial charge in [-0.05, 0) is 25.0 Å². The van der Waals surface area contributed by atoms with Crippen LogP contribution in [0.3, 0.4) is 0 Å². The van der Waals surface area contributed by atoms with Gasteiger partial charge >= 0.3 is 0 Å². The molecule has 48 heavy (non-hydrogen) atoms. The zero-order valence-electron chi connectivity index (χ0n) is 23.6. The van der Waals surface area contributed by atoms with Gasteiger partial charge in [-0.15, -0.1) is 16.4 Å². The van der Waals surface area contributed by atoms with Crippen molar-refractivity contribution < 1.29 is 65.9 Å². The smallest absolute Gasteiger partial charge is 0.200 e. The molecule has 0 radical (unpaired) electrons. The molecule has 0 aromatic heterocycles. The van der Waals surface area contributed by atoms with E-state index in [0.717, 1.165) is 13.8 Å². The number of hydrogen-bond acceptors (Lipinski definition) is 1. The van der Waals surface area contributed by atoms with Gasteiger partial charge in [0.15, 0.2) is 52.4 Å². The van der Waals surface area contributed by atoms with E-state index >= 15 is 26.3 Å². The average molecular weight is 694 g/mol. The summed E-state index contributed by atoms with van der Waals surface area (Å²) in [5.74, 6) is -45.9. The molecular formula is C31H12BF15N-. The molecule has 1 aliphatic carbocycles. The fourth-order valence-corrected chi connectivity index (χ4v) is 6.14. The van der Waals surface area contributed by atoms with Crippen molar-refractivity contribution in [3.63, 3.8) is 0 Å². The third kappa shape index (κ3) is 4.49. The number of benzene rings is 4. The van der Waals surface area contributed by atoms with Crippen molar-refractivity contribution in [3.05, 3.63) is 145 Å². The van der Waals surface area contributed by atoms with Gasteiger partial charge in [-0.25, -0.2) is 65.9 Å². The molecule has 1 aliphatic rings. The predicted molar refractivity (Wildman–Crippen MR) is 142 cm³/mol. The zero-order chi connectivity index (χ0) is 35.9. The first-order valence-corrected chi connectivity index (χ1v) is 13.2. The molecule has 250 valence electrons. The first-order chi connectivity index (χ1) is 22.4. The van der Waals surface area contributed by atoms with Crippen molar-refractivity contribution >= 4 is 28.2 Å². The van der Waals surface area contributed by atoms with E-state index in [1.165, 1.54) is 30.3 Å². The lowest BCUT2D eigenvalue weighted by Gasteiger charge is -2.43. The van der Waals surface area contributed by atoms with Gasteiger partial charge < -0.3 is 0 Å². The standard InChI is InChI=1S/C31H12BF15N/c1-8-11(9(2)31(48)10-6-4-3-5-7-10)12(8)32(13-16(33)22(39)28(45)23(40)17(13)34,14-18(35)24(41)29(46)25(42)19(14)36)15-20(37)26(43)30(47)27(44)21(15)38/h3-7,48H,1-2H3/q-1/b11-9+,48-31?. The first-order valence-electron chi connectivity index (χ1n) is 13.2. The van der Waals surface area contributed by atoms with Crippen molar-refractivity contribution in [1.82, 2.24) is 0 Å². The van der Waals surface area contributed by atoms with Crippen LogP contribution < -0.4 is 16.4 Å². The molecule has 0 spiro atoms. The average Bonchev–Trinajstić information content (AvgIpc) is 3.76. The van der Waals surface area contributed by atoms with Crippen LogP contribution in [0, 0.1) is 92.7 Å². The molecular weight excluding hydrogens is 682 g/mol. The molecule has 0 bridgehead atoms. The van der Waals surface area contributed by atoms with Gasteiger partial charge in [-0.1, -0.05) is 41.5 Å². The molecule has 1 N–H and O–H groups in total. The third-order valence-corrected chi connectivity index (χ3v) is 8.26. The third-order valence-electron chi connectivity index (χ3n) is 8.26. The van der Waals surface area contributed by atoms with Crippen LogP contribution in [0.5, 0.6) is 0 Å². The zero-order valence-corrected chi connectivity index (χ0v) is 23.6. The minimum absolute atomic E-state index is 0.0170. The van der Waals surface area contributed by atoms with Crippen LogP contribution in [0.15, 0.2) is 52.5 Å². The number of nitrogens with one attached hydrogen (secondary N) is 1. The van der Waals surface area contributed by atoms with Crippen molar-refractivity contribution in [3.8, 4) is 0 Å². The summed E-state index contributed by atoms with van der Waals surface area (Å²) in [6.45, 7) is 1.81. The van der Waals surface area contributed by atoms with Crippen LogP contribution in [-0.2, 0) is 0 Å². The highest BCUT2D eigenvalue weighted by atomic mass is 19.2. The number of halogens is 15. The maximum absolute atomic E-state index is 15.8. The molecule has 0 unspecified atom stereocenters. The summed E-state index contributed by atoms with van der Waals surface area (Å²) >= 11 is 0. The Morgan fingerprint density at radius 3 is 1.02 bits per heavy atom. The molecule has 0 atom stereocenters. The second kappa shape index (κ2) is 11.6. The number of rotatable bonds is 6. The Balaban J connectivity index is 2.16. The largest absolute Gasteiger partial charge is 0.300 e. The summed E-state index contributed by atoms with van der Waals surface area (Å²) in [6.07, 6.45) is -5.86. The van der Waals surface area contributed by atoms with E-state index in [-0.39, 0.29) is 5.56 Å². The van der Waals surface area contributed by atoms with E-state index in [1.54, 1.807) is 0 Å². The topological polar surface area (TPSA) is 23.9 Å².